The molecule has 5 rings (SSSR count). The van der Waals surface area contributed by atoms with Crippen LogP contribution in [0.4, 0.5) is 5.82 Å². The van der Waals surface area contributed by atoms with Crippen LogP contribution in [-0.4, -0.2) is 22.5 Å². The third-order valence-corrected chi connectivity index (χ3v) is 6.45. The molecule has 5 nitrogen and oxygen atoms in total. The average molecular weight is 345 g/mol. The lowest BCUT2D eigenvalue weighted by molar-refractivity contribution is 0.482. The number of aryl methyl sites for hydroxylation is 2. The van der Waals surface area contributed by atoms with Gasteiger partial charge in [-0.15, -0.1) is 0 Å². The fourth-order valence-corrected chi connectivity index (χ4v) is 5.14. The quantitative estimate of drug-likeness (QED) is 0.795. The van der Waals surface area contributed by atoms with E-state index in [1.807, 2.05) is 0 Å². The number of rotatable bonds is 1. The first kappa shape index (κ1) is 15.7. The summed E-state index contributed by atoms with van der Waals surface area (Å²) in [6.07, 6.45) is 9.53. The molecule has 0 radical (unpaired) electrons. The van der Waals surface area contributed by atoms with Crippen LogP contribution in [0.1, 0.15) is 60.2 Å². The third kappa shape index (κ3) is 2.16. The van der Waals surface area contributed by atoms with Crippen LogP contribution < -0.4 is 4.90 Å². The van der Waals surface area contributed by atoms with Crippen LogP contribution in [0.25, 0.3) is 5.65 Å². The molecule has 2 aromatic heterocycles. The maximum atomic E-state index is 9.88. The minimum atomic E-state index is 0.185. The van der Waals surface area contributed by atoms with E-state index in [9.17, 15) is 10.5 Å². The topological polar surface area (TPSA) is 68.1 Å². The lowest BCUT2D eigenvalue weighted by Crippen LogP contribution is -2.35. The molecule has 0 atom stereocenters. The Morgan fingerprint density at radius 2 is 1.69 bits per heavy atom. The number of hydrogen-bond donors (Lipinski definition) is 0. The Balaban J connectivity index is 1.76. The first-order valence-corrected chi connectivity index (χ1v) is 9.94. The SMILES string of the molecule is N#Cc1c2c(c(N3CCC(C#N)CC3)n3c4c(nc13)CCCC4)CCC2. The zero-order valence-electron chi connectivity index (χ0n) is 15.1. The smallest absolute Gasteiger partial charge is 0.157 e. The minimum Gasteiger partial charge on any atom is -0.357 e. The van der Waals surface area contributed by atoms with E-state index in [-0.39, 0.29) is 5.92 Å². The number of aromatic nitrogens is 2. The van der Waals surface area contributed by atoms with Gasteiger partial charge in [0.25, 0.3) is 0 Å². The number of pyridine rings is 1. The van der Waals surface area contributed by atoms with E-state index < -0.39 is 0 Å². The van der Waals surface area contributed by atoms with Gasteiger partial charge < -0.3 is 4.90 Å². The van der Waals surface area contributed by atoms with Gasteiger partial charge in [-0.2, -0.15) is 10.5 Å². The van der Waals surface area contributed by atoms with Crippen molar-refractivity contribution >= 4 is 11.5 Å². The summed E-state index contributed by atoms with van der Waals surface area (Å²) >= 11 is 0. The summed E-state index contributed by atoms with van der Waals surface area (Å²) in [6, 6.07) is 4.92. The Morgan fingerprint density at radius 1 is 0.923 bits per heavy atom. The van der Waals surface area contributed by atoms with E-state index in [1.54, 1.807) is 0 Å². The minimum absolute atomic E-state index is 0.185. The monoisotopic (exact) mass is 345 g/mol. The predicted molar refractivity (Wildman–Crippen MR) is 99.1 cm³/mol. The number of hydrogen-bond acceptors (Lipinski definition) is 4. The molecule has 1 aliphatic heterocycles. The van der Waals surface area contributed by atoms with Crippen LogP contribution in [0.5, 0.6) is 0 Å². The normalized spacial score (nSPS) is 19.8. The molecule has 3 heterocycles. The highest BCUT2D eigenvalue weighted by atomic mass is 15.2. The Hall–Kier alpha value is -2.53. The molecule has 0 N–H and O–H groups in total. The standard InChI is InChI=1S/C21H23N5/c22-12-14-8-10-25(11-9-14)21-16-5-3-4-15(16)17(13-23)20-24-18-6-1-2-7-19(18)26(20)21/h14H,1-11H2. The first-order valence-electron chi connectivity index (χ1n) is 9.94. The van der Waals surface area contributed by atoms with Gasteiger partial charge in [0.1, 0.15) is 11.9 Å². The van der Waals surface area contributed by atoms with Crippen LogP contribution in [0.2, 0.25) is 0 Å². The molecule has 0 bridgehead atoms. The number of imidazole rings is 1. The van der Waals surface area contributed by atoms with Crippen LogP contribution in [-0.2, 0) is 25.7 Å². The van der Waals surface area contributed by atoms with Crippen molar-refractivity contribution < 1.29 is 0 Å². The van der Waals surface area contributed by atoms with E-state index in [0.29, 0.717) is 0 Å². The van der Waals surface area contributed by atoms with Gasteiger partial charge in [-0.1, -0.05) is 0 Å². The molecular formula is C21H23N5. The van der Waals surface area contributed by atoms with Crippen molar-refractivity contribution in [2.75, 3.05) is 18.0 Å². The zero-order valence-corrected chi connectivity index (χ0v) is 15.1. The molecule has 0 spiro atoms. The molecule has 0 saturated carbocycles. The molecule has 0 unspecified atom stereocenters. The fourth-order valence-electron chi connectivity index (χ4n) is 5.14. The van der Waals surface area contributed by atoms with Gasteiger partial charge in [-0.05, 0) is 68.9 Å². The van der Waals surface area contributed by atoms with Crippen molar-refractivity contribution in [2.45, 2.75) is 57.8 Å². The van der Waals surface area contributed by atoms with E-state index in [1.165, 1.54) is 41.2 Å². The Morgan fingerprint density at radius 3 is 2.46 bits per heavy atom. The second-order valence-corrected chi connectivity index (χ2v) is 7.88. The molecule has 2 aromatic rings. The maximum absolute atomic E-state index is 9.88. The van der Waals surface area contributed by atoms with Gasteiger partial charge in [0.15, 0.2) is 5.65 Å². The van der Waals surface area contributed by atoms with E-state index in [2.05, 4.69) is 21.4 Å². The van der Waals surface area contributed by atoms with Crippen molar-refractivity contribution in [3.63, 3.8) is 0 Å². The van der Waals surface area contributed by atoms with Gasteiger partial charge in [0.05, 0.1) is 17.3 Å². The summed E-state index contributed by atoms with van der Waals surface area (Å²) in [5, 5.41) is 19.1. The summed E-state index contributed by atoms with van der Waals surface area (Å²) in [6.45, 7) is 1.86. The number of fused-ring (bicyclic) bond motifs is 4. The van der Waals surface area contributed by atoms with Gasteiger partial charge in [0.2, 0.25) is 0 Å². The van der Waals surface area contributed by atoms with Gasteiger partial charge >= 0.3 is 0 Å². The zero-order chi connectivity index (χ0) is 17.7. The van der Waals surface area contributed by atoms with Crippen molar-refractivity contribution in [3.05, 3.63) is 28.1 Å². The Bertz CT molecular complexity index is 963. The molecular weight excluding hydrogens is 322 g/mol. The summed E-state index contributed by atoms with van der Waals surface area (Å²) < 4.78 is 2.34. The lowest BCUT2D eigenvalue weighted by Gasteiger charge is -2.34. The molecule has 26 heavy (non-hydrogen) atoms. The number of anilines is 1. The van der Waals surface area contributed by atoms with Gasteiger partial charge in [-0.3, -0.25) is 4.40 Å². The number of piperidine rings is 1. The highest BCUT2D eigenvalue weighted by molar-refractivity contribution is 5.72. The summed E-state index contributed by atoms with van der Waals surface area (Å²) in [7, 11) is 0. The van der Waals surface area contributed by atoms with Gasteiger partial charge in [-0.25, -0.2) is 4.98 Å². The Kier molecular flexibility index (Phi) is 3.64. The van der Waals surface area contributed by atoms with Crippen molar-refractivity contribution in [1.29, 1.82) is 10.5 Å². The highest BCUT2D eigenvalue weighted by Gasteiger charge is 2.31. The second-order valence-electron chi connectivity index (χ2n) is 7.88. The summed E-state index contributed by atoms with van der Waals surface area (Å²) in [4.78, 5) is 7.42. The van der Waals surface area contributed by atoms with Crippen LogP contribution in [0.15, 0.2) is 0 Å². The summed E-state index contributed by atoms with van der Waals surface area (Å²) in [5.41, 5.74) is 6.83. The molecule has 132 valence electrons. The molecule has 2 aliphatic carbocycles. The largest absolute Gasteiger partial charge is 0.357 e. The first-order chi connectivity index (χ1) is 12.8. The second kappa shape index (κ2) is 6.02. The third-order valence-electron chi connectivity index (χ3n) is 6.45. The molecule has 3 aliphatic rings. The molecule has 5 heteroatoms. The van der Waals surface area contributed by atoms with Crippen LogP contribution in [0, 0.1) is 28.6 Å². The van der Waals surface area contributed by atoms with Crippen molar-refractivity contribution in [2.24, 2.45) is 5.92 Å². The highest BCUT2D eigenvalue weighted by Crippen LogP contribution is 2.39. The molecule has 0 amide bonds. The van der Waals surface area contributed by atoms with E-state index >= 15 is 0 Å². The Labute approximate surface area is 153 Å². The van der Waals surface area contributed by atoms with E-state index in [0.717, 1.165) is 69.2 Å². The van der Waals surface area contributed by atoms with Crippen molar-refractivity contribution in [3.8, 4) is 12.1 Å². The van der Waals surface area contributed by atoms with Crippen LogP contribution >= 0.6 is 0 Å². The van der Waals surface area contributed by atoms with Crippen molar-refractivity contribution in [1.82, 2.24) is 9.38 Å². The van der Waals surface area contributed by atoms with Crippen LogP contribution in [0.3, 0.4) is 0 Å². The fraction of sp³-hybridized carbons (Fsp3) is 0.571. The summed E-state index contributed by atoms with van der Waals surface area (Å²) in [5.74, 6) is 1.48. The number of nitriles is 2. The predicted octanol–water partition coefficient (Wildman–Crippen LogP) is 3.31. The van der Waals surface area contributed by atoms with E-state index in [4.69, 9.17) is 4.98 Å². The molecule has 1 fully saturated rings. The average Bonchev–Trinajstić information content (AvgIpc) is 3.31. The number of nitrogens with zero attached hydrogens (tertiary/aromatic N) is 5. The molecule has 0 aromatic carbocycles. The van der Waals surface area contributed by atoms with Gasteiger partial charge in [0, 0.05) is 24.7 Å². The molecule has 1 saturated heterocycles. The lowest BCUT2D eigenvalue weighted by atomic mass is 9.97. The maximum Gasteiger partial charge on any atom is 0.157 e.